The van der Waals surface area contributed by atoms with Crippen molar-refractivity contribution in [3.63, 3.8) is 0 Å². The minimum atomic E-state index is -0.209. The van der Waals surface area contributed by atoms with E-state index in [1.165, 1.54) is 5.56 Å². The van der Waals surface area contributed by atoms with Crippen molar-refractivity contribution in [2.24, 2.45) is 5.16 Å². The van der Waals surface area contributed by atoms with Crippen molar-refractivity contribution < 1.29 is 9.63 Å². The summed E-state index contributed by atoms with van der Waals surface area (Å²) in [6, 6.07) is 19.6. The van der Waals surface area contributed by atoms with E-state index in [9.17, 15) is 4.79 Å². The zero-order valence-corrected chi connectivity index (χ0v) is 15.1. The van der Waals surface area contributed by atoms with Gasteiger partial charge in [0.25, 0.3) is 5.91 Å². The maximum Gasteiger partial charge on any atom is 0.271 e. The Morgan fingerprint density at radius 1 is 1.15 bits per heavy atom. The van der Waals surface area contributed by atoms with E-state index >= 15 is 0 Å². The highest BCUT2D eigenvalue weighted by atomic mass is 16.6. The molecule has 1 N–H and O–H groups in total. The van der Waals surface area contributed by atoms with Crippen LogP contribution < -0.4 is 5.32 Å². The van der Waals surface area contributed by atoms with Gasteiger partial charge in [-0.1, -0.05) is 59.8 Å². The van der Waals surface area contributed by atoms with Gasteiger partial charge in [0.2, 0.25) is 0 Å². The van der Waals surface area contributed by atoms with E-state index in [1.54, 1.807) is 6.20 Å². The lowest BCUT2D eigenvalue weighted by Crippen LogP contribution is -2.38. The van der Waals surface area contributed by atoms with Crippen LogP contribution in [-0.2, 0) is 11.3 Å². The molecule has 2 aromatic carbocycles. The maximum atomic E-state index is 12.7. The van der Waals surface area contributed by atoms with E-state index in [1.807, 2.05) is 55.5 Å². The van der Waals surface area contributed by atoms with Crippen LogP contribution in [-0.4, -0.2) is 28.7 Å². The van der Waals surface area contributed by atoms with E-state index in [-0.39, 0.29) is 18.1 Å². The molecule has 0 radical (unpaired) electrons. The molecule has 5 nitrogen and oxygen atoms in total. The first kappa shape index (κ1) is 17.2. The molecule has 1 amide bonds. The number of carbonyl (C=O) groups excluding carboxylic acids is 1. The van der Waals surface area contributed by atoms with Gasteiger partial charge < -0.3 is 10.2 Å². The van der Waals surface area contributed by atoms with Crippen molar-refractivity contribution in [1.29, 1.82) is 0 Å². The fourth-order valence-electron chi connectivity index (χ4n) is 3.34. The number of nitrogens with one attached hydrogen (secondary N) is 1. The van der Waals surface area contributed by atoms with Crippen LogP contribution in [0.3, 0.4) is 0 Å². The summed E-state index contributed by atoms with van der Waals surface area (Å²) >= 11 is 0. The smallest absolute Gasteiger partial charge is 0.271 e. The van der Waals surface area contributed by atoms with Gasteiger partial charge >= 0.3 is 0 Å². The highest BCUT2D eigenvalue weighted by Crippen LogP contribution is 2.19. The van der Waals surface area contributed by atoms with Crippen molar-refractivity contribution >= 4 is 22.4 Å². The second kappa shape index (κ2) is 7.58. The third-order valence-corrected chi connectivity index (χ3v) is 4.80. The summed E-state index contributed by atoms with van der Waals surface area (Å²) in [5.74, 6) is -0.200. The average Bonchev–Trinajstić information content (AvgIpc) is 3.17. The maximum absolute atomic E-state index is 12.7. The molecule has 0 spiro atoms. The zero-order chi connectivity index (χ0) is 18.6. The highest BCUT2D eigenvalue weighted by molar-refractivity contribution is 6.06. The Morgan fingerprint density at radius 3 is 2.78 bits per heavy atom. The van der Waals surface area contributed by atoms with E-state index in [0.29, 0.717) is 12.1 Å². The molecule has 0 fully saturated rings. The SMILES string of the molecule is C[C@H](NC(=O)c1nccc2ccccc12)C1=NOC(Cc2ccccc2)C1. The fourth-order valence-corrected chi connectivity index (χ4v) is 3.34. The van der Waals surface area contributed by atoms with Crippen LogP contribution in [0.15, 0.2) is 72.0 Å². The topological polar surface area (TPSA) is 63.6 Å². The Bertz CT molecular complexity index is 980. The van der Waals surface area contributed by atoms with Gasteiger partial charge in [-0.25, -0.2) is 0 Å². The summed E-state index contributed by atoms with van der Waals surface area (Å²) < 4.78 is 0. The van der Waals surface area contributed by atoms with Crippen molar-refractivity contribution in [1.82, 2.24) is 10.3 Å². The first-order valence-electron chi connectivity index (χ1n) is 9.12. The summed E-state index contributed by atoms with van der Waals surface area (Å²) in [5, 5.41) is 9.05. The predicted octanol–water partition coefficient (Wildman–Crippen LogP) is 3.74. The van der Waals surface area contributed by atoms with Gasteiger partial charge in [0.1, 0.15) is 11.8 Å². The molecule has 2 heterocycles. The van der Waals surface area contributed by atoms with Gasteiger partial charge in [-0.2, -0.15) is 0 Å². The van der Waals surface area contributed by atoms with Crippen LogP contribution in [0.2, 0.25) is 0 Å². The number of hydrogen-bond donors (Lipinski definition) is 1. The number of benzene rings is 2. The van der Waals surface area contributed by atoms with Gasteiger partial charge in [-0.05, 0) is 23.9 Å². The fraction of sp³-hybridized carbons (Fsp3) is 0.227. The quantitative estimate of drug-likeness (QED) is 0.755. The summed E-state index contributed by atoms with van der Waals surface area (Å²) in [6.45, 7) is 1.93. The normalized spacial score (nSPS) is 17.2. The number of nitrogens with zero attached hydrogens (tertiary/aromatic N) is 2. The third kappa shape index (κ3) is 3.82. The predicted molar refractivity (Wildman–Crippen MR) is 106 cm³/mol. The molecule has 3 aromatic rings. The highest BCUT2D eigenvalue weighted by Gasteiger charge is 2.26. The van der Waals surface area contributed by atoms with E-state index < -0.39 is 0 Å². The Labute approximate surface area is 158 Å². The molecule has 2 atom stereocenters. The number of rotatable bonds is 5. The second-order valence-electron chi connectivity index (χ2n) is 6.78. The standard InChI is InChI=1S/C22H21N3O2/c1-15(20-14-18(27-25-20)13-16-7-3-2-4-8-16)24-22(26)21-19-10-6-5-9-17(19)11-12-23-21/h2-12,15,18H,13-14H2,1H3,(H,24,26)/t15-,18?/m0/s1. The Balaban J connectivity index is 1.40. The molecule has 27 heavy (non-hydrogen) atoms. The lowest BCUT2D eigenvalue weighted by molar-refractivity contribution is 0.0858. The summed E-state index contributed by atoms with van der Waals surface area (Å²) in [4.78, 5) is 22.6. The monoisotopic (exact) mass is 359 g/mol. The van der Waals surface area contributed by atoms with Gasteiger partial charge in [0.15, 0.2) is 0 Å². The Morgan fingerprint density at radius 2 is 1.93 bits per heavy atom. The van der Waals surface area contributed by atoms with Crippen LogP contribution in [0, 0.1) is 0 Å². The number of oxime groups is 1. The van der Waals surface area contributed by atoms with Gasteiger partial charge in [0.05, 0.1) is 11.8 Å². The number of amides is 1. The van der Waals surface area contributed by atoms with Gasteiger partial charge in [-0.3, -0.25) is 9.78 Å². The van der Waals surface area contributed by atoms with Crippen LogP contribution >= 0.6 is 0 Å². The number of pyridine rings is 1. The molecular formula is C22H21N3O2. The number of aromatic nitrogens is 1. The lowest BCUT2D eigenvalue weighted by atomic mass is 10.0. The molecule has 1 aliphatic rings. The van der Waals surface area contributed by atoms with Crippen molar-refractivity contribution in [2.45, 2.75) is 31.9 Å². The van der Waals surface area contributed by atoms with Gasteiger partial charge in [-0.15, -0.1) is 0 Å². The molecule has 1 unspecified atom stereocenters. The Hall–Kier alpha value is -3.21. The van der Waals surface area contributed by atoms with Crippen molar-refractivity contribution in [2.75, 3.05) is 0 Å². The molecule has 0 aliphatic carbocycles. The van der Waals surface area contributed by atoms with E-state index in [0.717, 1.165) is 22.9 Å². The molecular weight excluding hydrogens is 338 g/mol. The zero-order valence-electron chi connectivity index (χ0n) is 15.1. The second-order valence-corrected chi connectivity index (χ2v) is 6.78. The number of fused-ring (bicyclic) bond motifs is 1. The van der Waals surface area contributed by atoms with Gasteiger partial charge in [0, 0.05) is 24.4 Å². The summed E-state index contributed by atoms with van der Waals surface area (Å²) in [7, 11) is 0. The van der Waals surface area contributed by atoms with Crippen LogP contribution in [0.5, 0.6) is 0 Å². The van der Waals surface area contributed by atoms with Crippen LogP contribution in [0.4, 0.5) is 0 Å². The summed E-state index contributed by atoms with van der Waals surface area (Å²) in [6.07, 6.45) is 3.18. The van der Waals surface area contributed by atoms with E-state index in [4.69, 9.17) is 4.84 Å². The minimum Gasteiger partial charge on any atom is -0.392 e. The van der Waals surface area contributed by atoms with E-state index in [2.05, 4.69) is 27.6 Å². The summed E-state index contributed by atoms with van der Waals surface area (Å²) in [5.41, 5.74) is 2.50. The minimum absolute atomic E-state index is 0.0115. The molecule has 136 valence electrons. The van der Waals surface area contributed by atoms with Crippen LogP contribution in [0.25, 0.3) is 10.8 Å². The molecule has 5 heteroatoms. The first-order valence-corrected chi connectivity index (χ1v) is 9.12. The molecule has 1 aromatic heterocycles. The molecule has 1 aliphatic heterocycles. The number of hydrogen-bond acceptors (Lipinski definition) is 4. The van der Waals surface area contributed by atoms with Crippen molar-refractivity contribution in [3.8, 4) is 0 Å². The molecule has 4 rings (SSSR count). The first-order chi connectivity index (χ1) is 13.2. The molecule has 0 saturated carbocycles. The average molecular weight is 359 g/mol. The largest absolute Gasteiger partial charge is 0.392 e. The molecule has 0 bridgehead atoms. The van der Waals surface area contributed by atoms with Crippen LogP contribution in [0.1, 0.15) is 29.4 Å². The third-order valence-electron chi connectivity index (χ3n) is 4.80. The lowest BCUT2D eigenvalue weighted by Gasteiger charge is -2.14. The number of carbonyl (C=O) groups is 1. The van der Waals surface area contributed by atoms with Crippen molar-refractivity contribution in [3.05, 3.63) is 78.1 Å². The Kier molecular flexibility index (Phi) is 4.83. The molecule has 0 saturated heterocycles.